The van der Waals surface area contributed by atoms with Crippen molar-refractivity contribution in [2.75, 3.05) is 7.05 Å². The van der Waals surface area contributed by atoms with Crippen molar-refractivity contribution in [3.05, 3.63) is 30.0 Å². The summed E-state index contributed by atoms with van der Waals surface area (Å²) in [5.74, 6) is 0.734. The average molecular weight is 271 g/mol. The molecule has 3 rings (SSSR count). The molecule has 2 atom stereocenters. The SMILES string of the molecule is CCn1nc(CC2CCCCC2NC)c2ccccc21. The van der Waals surface area contributed by atoms with Crippen LogP contribution in [0, 0.1) is 5.92 Å². The Morgan fingerprint density at radius 2 is 2.05 bits per heavy atom. The molecule has 3 nitrogen and oxygen atoms in total. The minimum absolute atomic E-state index is 0.661. The van der Waals surface area contributed by atoms with Gasteiger partial charge in [-0.3, -0.25) is 4.68 Å². The Labute approximate surface area is 121 Å². The van der Waals surface area contributed by atoms with E-state index in [1.54, 1.807) is 0 Å². The molecule has 0 saturated heterocycles. The molecule has 0 spiro atoms. The summed E-state index contributed by atoms with van der Waals surface area (Å²) in [5.41, 5.74) is 2.57. The third-order valence-electron chi connectivity index (χ3n) is 4.77. The standard InChI is InChI=1S/C17H25N3/c1-3-20-17-11-7-5-9-14(17)16(19-20)12-13-8-4-6-10-15(13)18-2/h5,7,9,11,13,15,18H,3-4,6,8,10,12H2,1-2H3. The zero-order valence-corrected chi connectivity index (χ0v) is 12.6. The lowest BCUT2D eigenvalue weighted by molar-refractivity contribution is 0.271. The largest absolute Gasteiger partial charge is 0.317 e. The van der Waals surface area contributed by atoms with Crippen LogP contribution in [0.25, 0.3) is 10.9 Å². The summed E-state index contributed by atoms with van der Waals surface area (Å²) in [5, 5.41) is 9.71. The molecule has 1 aromatic carbocycles. The molecule has 0 radical (unpaired) electrons. The van der Waals surface area contributed by atoms with Gasteiger partial charge in [0.1, 0.15) is 0 Å². The van der Waals surface area contributed by atoms with Gasteiger partial charge in [-0.05, 0) is 45.2 Å². The molecule has 1 aromatic heterocycles. The average Bonchev–Trinajstić information content (AvgIpc) is 2.86. The maximum absolute atomic E-state index is 4.86. The van der Waals surface area contributed by atoms with Crippen molar-refractivity contribution < 1.29 is 0 Å². The van der Waals surface area contributed by atoms with Crippen molar-refractivity contribution in [3.63, 3.8) is 0 Å². The van der Waals surface area contributed by atoms with Crippen LogP contribution >= 0.6 is 0 Å². The first-order valence-electron chi connectivity index (χ1n) is 7.95. The van der Waals surface area contributed by atoms with Crippen molar-refractivity contribution in [2.24, 2.45) is 5.92 Å². The Morgan fingerprint density at radius 1 is 1.25 bits per heavy atom. The molecule has 1 fully saturated rings. The normalized spacial score (nSPS) is 23.3. The zero-order chi connectivity index (χ0) is 13.9. The summed E-state index contributed by atoms with van der Waals surface area (Å²) in [4.78, 5) is 0. The van der Waals surface area contributed by atoms with Gasteiger partial charge in [0.25, 0.3) is 0 Å². The minimum Gasteiger partial charge on any atom is -0.317 e. The Balaban J connectivity index is 1.90. The fourth-order valence-corrected chi connectivity index (χ4v) is 3.67. The molecule has 0 amide bonds. The van der Waals surface area contributed by atoms with Crippen LogP contribution in [0.3, 0.4) is 0 Å². The summed E-state index contributed by atoms with van der Waals surface area (Å²) in [6.07, 6.45) is 6.49. The lowest BCUT2D eigenvalue weighted by Gasteiger charge is -2.30. The van der Waals surface area contributed by atoms with E-state index in [-0.39, 0.29) is 0 Å². The highest BCUT2D eigenvalue weighted by molar-refractivity contribution is 5.81. The van der Waals surface area contributed by atoms with E-state index < -0.39 is 0 Å². The van der Waals surface area contributed by atoms with Gasteiger partial charge in [0.05, 0.1) is 11.2 Å². The van der Waals surface area contributed by atoms with Gasteiger partial charge in [0.2, 0.25) is 0 Å². The number of para-hydroxylation sites is 1. The van der Waals surface area contributed by atoms with Crippen LogP contribution in [0.5, 0.6) is 0 Å². The predicted octanol–water partition coefficient (Wildman–Crippen LogP) is 3.38. The molecule has 1 aliphatic rings. The molecular weight excluding hydrogens is 246 g/mol. The molecule has 3 heteroatoms. The molecule has 2 unspecified atom stereocenters. The molecule has 108 valence electrons. The van der Waals surface area contributed by atoms with E-state index in [2.05, 4.69) is 48.2 Å². The number of hydrogen-bond donors (Lipinski definition) is 1. The van der Waals surface area contributed by atoms with Crippen molar-refractivity contribution in [1.82, 2.24) is 15.1 Å². The van der Waals surface area contributed by atoms with Crippen LogP contribution in [-0.2, 0) is 13.0 Å². The number of hydrogen-bond acceptors (Lipinski definition) is 2. The first kappa shape index (κ1) is 13.6. The molecule has 0 aliphatic heterocycles. The van der Waals surface area contributed by atoms with Crippen LogP contribution in [0.4, 0.5) is 0 Å². The van der Waals surface area contributed by atoms with Gasteiger partial charge in [-0.15, -0.1) is 0 Å². The van der Waals surface area contributed by atoms with Gasteiger partial charge in [0.15, 0.2) is 0 Å². The first-order chi connectivity index (χ1) is 9.83. The van der Waals surface area contributed by atoms with E-state index in [0.717, 1.165) is 18.9 Å². The maximum atomic E-state index is 4.86. The van der Waals surface area contributed by atoms with Crippen LogP contribution in [0.15, 0.2) is 24.3 Å². The van der Waals surface area contributed by atoms with Gasteiger partial charge in [-0.2, -0.15) is 5.10 Å². The van der Waals surface area contributed by atoms with Gasteiger partial charge in [0, 0.05) is 18.0 Å². The highest BCUT2D eigenvalue weighted by Crippen LogP contribution is 2.29. The number of fused-ring (bicyclic) bond motifs is 1. The highest BCUT2D eigenvalue weighted by atomic mass is 15.3. The fraction of sp³-hybridized carbons (Fsp3) is 0.588. The van der Waals surface area contributed by atoms with Crippen molar-refractivity contribution in [1.29, 1.82) is 0 Å². The van der Waals surface area contributed by atoms with Crippen molar-refractivity contribution >= 4 is 10.9 Å². The summed E-state index contributed by atoms with van der Waals surface area (Å²) >= 11 is 0. The van der Waals surface area contributed by atoms with Gasteiger partial charge < -0.3 is 5.32 Å². The van der Waals surface area contributed by atoms with E-state index in [1.807, 2.05) is 0 Å². The third-order valence-corrected chi connectivity index (χ3v) is 4.77. The molecule has 1 N–H and O–H groups in total. The molecule has 1 heterocycles. The topological polar surface area (TPSA) is 29.9 Å². The molecule has 1 saturated carbocycles. The highest BCUT2D eigenvalue weighted by Gasteiger charge is 2.25. The van der Waals surface area contributed by atoms with E-state index in [9.17, 15) is 0 Å². The second kappa shape index (κ2) is 5.96. The summed E-state index contributed by atoms with van der Waals surface area (Å²) < 4.78 is 2.14. The van der Waals surface area contributed by atoms with E-state index in [1.165, 1.54) is 42.3 Å². The Morgan fingerprint density at radius 3 is 2.85 bits per heavy atom. The second-order valence-corrected chi connectivity index (χ2v) is 5.92. The lowest BCUT2D eigenvalue weighted by Crippen LogP contribution is -2.37. The quantitative estimate of drug-likeness (QED) is 0.924. The van der Waals surface area contributed by atoms with Crippen LogP contribution in [0.1, 0.15) is 38.3 Å². The fourth-order valence-electron chi connectivity index (χ4n) is 3.67. The Kier molecular flexibility index (Phi) is 4.06. The summed E-state index contributed by atoms with van der Waals surface area (Å²) in [6, 6.07) is 9.31. The smallest absolute Gasteiger partial charge is 0.0706 e. The number of aromatic nitrogens is 2. The lowest BCUT2D eigenvalue weighted by atomic mass is 9.81. The van der Waals surface area contributed by atoms with Crippen LogP contribution in [-0.4, -0.2) is 22.9 Å². The first-order valence-corrected chi connectivity index (χ1v) is 7.95. The van der Waals surface area contributed by atoms with Crippen molar-refractivity contribution in [2.45, 2.75) is 51.6 Å². The summed E-state index contributed by atoms with van der Waals surface area (Å²) in [6.45, 7) is 3.11. The van der Waals surface area contributed by atoms with E-state index in [0.29, 0.717) is 6.04 Å². The Bertz CT molecular complexity index is 573. The minimum atomic E-state index is 0.661. The Hall–Kier alpha value is -1.35. The number of nitrogens with zero attached hydrogens (tertiary/aromatic N) is 2. The third kappa shape index (κ3) is 2.47. The molecular formula is C17H25N3. The van der Waals surface area contributed by atoms with Gasteiger partial charge in [-0.1, -0.05) is 31.0 Å². The van der Waals surface area contributed by atoms with Gasteiger partial charge >= 0.3 is 0 Å². The van der Waals surface area contributed by atoms with Crippen LogP contribution < -0.4 is 5.32 Å². The second-order valence-electron chi connectivity index (χ2n) is 5.92. The molecule has 20 heavy (non-hydrogen) atoms. The zero-order valence-electron chi connectivity index (χ0n) is 12.6. The number of aryl methyl sites for hydroxylation is 1. The van der Waals surface area contributed by atoms with E-state index in [4.69, 9.17) is 5.10 Å². The van der Waals surface area contributed by atoms with Crippen molar-refractivity contribution in [3.8, 4) is 0 Å². The van der Waals surface area contributed by atoms with E-state index >= 15 is 0 Å². The number of nitrogens with one attached hydrogen (secondary N) is 1. The van der Waals surface area contributed by atoms with Crippen LogP contribution in [0.2, 0.25) is 0 Å². The maximum Gasteiger partial charge on any atom is 0.0706 e. The molecule has 1 aliphatic carbocycles. The van der Waals surface area contributed by atoms with Gasteiger partial charge in [-0.25, -0.2) is 0 Å². The number of benzene rings is 1. The monoisotopic (exact) mass is 271 g/mol. The molecule has 0 bridgehead atoms. The predicted molar refractivity (Wildman–Crippen MR) is 83.9 cm³/mol. The number of rotatable bonds is 4. The summed E-state index contributed by atoms with van der Waals surface area (Å²) in [7, 11) is 2.10. The molecule has 2 aromatic rings.